The lowest BCUT2D eigenvalue weighted by molar-refractivity contribution is -0.233. The Morgan fingerprint density at radius 3 is 1.55 bits per heavy atom. The normalized spacial score (nSPS) is 19.5. The summed E-state index contributed by atoms with van der Waals surface area (Å²) >= 11 is 0. The lowest BCUT2D eigenvalue weighted by Crippen LogP contribution is -2.60. The number of aromatic nitrogens is 2. The summed E-state index contributed by atoms with van der Waals surface area (Å²) in [5.41, 5.74) is 3.15. The van der Waals surface area contributed by atoms with Crippen LogP contribution in [0.3, 0.4) is 0 Å². The van der Waals surface area contributed by atoms with Crippen molar-refractivity contribution < 1.29 is 42.9 Å². The van der Waals surface area contributed by atoms with Crippen LogP contribution < -0.4 is 0 Å². The Morgan fingerprint density at radius 1 is 0.585 bits per heavy atom. The van der Waals surface area contributed by atoms with Crippen LogP contribution in [0.25, 0.3) is 11.0 Å². The monoisotopic (exact) mass is 710 g/mol. The van der Waals surface area contributed by atoms with E-state index < -0.39 is 61.0 Å². The average Bonchev–Trinajstić information content (AvgIpc) is 3.62. The molecule has 1 fully saturated rings. The van der Waals surface area contributed by atoms with Crippen LogP contribution in [-0.4, -0.2) is 64.9 Å². The van der Waals surface area contributed by atoms with Crippen LogP contribution in [0.5, 0.6) is 0 Å². The van der Waals surface area contributed by atoms with Gasteiger partial charge in [0, 0.05) is 0 Å². The van der Waals surface area contributed by atoms with Crippen molar-refractivity contribution in [2.75, 3.05) is 6.61 Å². The molecule has 2 heterocycles. The molecule has 0 unspecified atom stereocenters. The fraction of sp³-hybridized carbons (Fsp3) is 0.167. The summed E-state index contributed by atoms with van der Waals surface area (Å²) in [6.45, 7) is 1.50. The maximum absolute atomic E-state index is 13.8. The molecule has 1 aliphatic heterocycles. The molecule has 0 saturated carbocycles. The van der Waals surface area contributed by atoms with Crippen molar-refractivity contribution in [3.05, 3.63) is 173 Å². The summed E-state index contributed by atoms with van der Waals surface area (Å²) in [6, 6.07) is 38.7. The van der Waals surface area contributed by atoms with Crippen LogP contribution >= 0.6 is 0 Å². The summed E-state index contributed by atoms with van der Waals surface area (Å²) in [5.74, 6) is -2.72. The van der Waals surface area contributed by atoms with E-state index in [1.807, 2.05) is 25.1 Å². The zero-order valence-electron chi connectivity index (χ0n) is 28.5. The van der Waals surface area contributed by atoms with Crippen molar-refractivity contribution in [2.24, 2.45) is 0 Å². The summed E-state index contributed by atoms with van der Waals surface area (Å²) in [7, 11) is 0. The molecule has 0 aliphatic carbocycles. The van der Waals surface area contributed by atoms with E-state index in [1.54, 1.807) is 121 Å². The smallest absolute Gasteiger partial charge is 0.338 e. The number of rotatable bonds is 10. The molecule has 11 nitrogen and oxygen atoms in total. The summed E-state index contributed by atoms with van der Waals surface area (Å²) in [5, 5.41) is 0. The molecule has 266 valence electrons. The van der Waals surface area contributed by atoms with Crippen LogP contribution in [-0.2, 0) is 23.7 Å². The van der Waals surface area contributed by atoms with E-state index in [-0.39, 0.29) is 28.1 Å². The maximum Gasteiger partial charge on any atom is 0.338 e. The van der Waals surface area contributed by atoms with E-state index in [0.29, 0.717) is 11.0 Å². The van der Waals surface area contributed by atoms with Gasteiger partial charge in [0.2, 0.25) is 0 Å². The van der Waals surface area contributed by atoms with Crippen LogP contribution in [0.1, 0.15) is 58.9 Å². The van der Waals surface area contributed by atoms with Gasteiger partial charge in [-0.1, -0.05) is 78.9 Å². The summed E-state index contributed by atoms with van der Waals surface area (Å²) in [4.78, 5) is 62.6. The molecule has 5 atom stereocenters. The molecule has 1 aromatic heterocycles. The molecule has 0 spiro atoms. The molecule has 0 bridgehead atoms. The minimum Gasteiger partial charge on any atom is -0.459 e. The van der Waals surface area contributed by atoms with E-state index >= 15 is 0 Å². The second-order valence-electron chi connectivity index (χ2n) is 12.4. The lowest BCUT2D eigenvalue weighted by atomic mass is 9.93. The Hall–Kier alpha value is -6.59. The predicted molar refractivity (Wildman–Crippen MR) is 192 cm³/mol. The Labute approximate surface area is 304 Å². The first-order valence-corrected chi connectivity index (χ1v) is 17.0. The van der Waals surface area contributed by atoms with Gasteiger partial charge in [-0.05, 0) is 73.2 Å². The number of nitrogens with zero attached hydrogens (tertiary/aromatic N) is 1. The lowest BCUT2D eigenvalue weighted by Gasteiger charge is -2.44. The van der Waals surface area contributed by atoms with Crippen LogP contribution in [0, 0.1) is 6.92 Å². The first-order valence-electron chi connectivity index (χ1n) is 17.0. The minimum atomic E-state index is -1.49. The van der Waals surface area contributed by atoms with Crippen molar-refractivity contribution in [1.29, 1.82) is 0 Å². The number of ether oxygens (including phenoxy) is 5. The van der Waals surface area contributed by atoms with Gasteiger partial charge in [-0.3, -0.25) is 0 Å². The van der Waals surface area contributed by atoms with Gasteiger partial charge >= 0.3 is 23.9 Å². The molecule has 53 heavy (non-hydrogen) atoms. The van der Waals surface area contributed by atoms with E-state index in [2.05, 4.69) is 4.98 Å². The highest BCUT2D eigenvalue weighted by molar-refractivity contribution is 5.91. The number of hydrogen-bond acceptors (Lipinski definition) is 10. The Balaban J connectivity index is 1.34. The Bertz CT molecular complexity index is 2210. The number of nitrogens with one attached hydrogen (secondary N) is 1. The molecule has 11 heteroatoms. The third kappa shape index (κ3) is 8.00. The summed E-state index contributed by atoms with van der Waals surface area (Å²) in [6.07, 6.45) is -6.83. The molecular formula is C42H34N2O9. The SMILES string of the molecule is Cc1ccc2nc([C@@H]3O[C@H](COC(=O)c4ccccc4)[C@@H](OC(=O)c4ccccc4)[C@H](OC(=O)c4ccccc4)[C@H]3OC(=O)c3ccccc3)[nH]c2c1. The molecule has 1 aliphatic rings. The number of esters is 4. The number of aryl methyl sites for hydroxylation is 1. The van der Waals surface area contributed by atoms with Crippen LogP contribution in [0.4, 0.5) is 0 Å². The number of benzene rings is 5. The van der Waals surface area contributed by atoms with Crippen molar-refractivity contribution >= 4 is 34.9 Å². The topological polar surface area (TPSA) is 143 Å². The van der Waals surface area contributed by atoms with Gasteiger partial charge in [0.25, 0.3) is 0 Å². The minimum absolute atomic E-state index is 0.197. The largest absolute Gasteiger partial charge is 0.459 e. The Kier molecular flexibility index (Phi) is 10.4. The van der Waals surface area contributed by atoms with E-state index in [4.69, 9.17) is 28.7 Å². The molecule has 0 amide bonds. The van der Waals surface area contributed by atoms with Gasteiger partial charge in [0.1, 0.15) is 18.5 Å². The fourth-order valence-electron chi connectivity index (χ4n) is 6.07. The fourth-order valence-corrected chi connectivity index (χ4v) is 6.07. The highest BCUT2D eigenvalue weighted by atomic mass is 16.7. The molecular weight excluding hydrogens is 676 g/mol. The van der Waals surface area contributed by atoms with Crippen molar-refractivity contribution in [3.8, 4) is 0 Å². The predicted octanol–water partition coefficient (Wildman–Crippen LogP) is 6.85. The van der Waals surface area contributed by atoms with E-state index in [9.17, 15) is 19.2 Å². The van der Waals surface area contributed by atoms with E-state index in [1.165, 1.54) is 0 Å². The number of fused-ring (bicyclic) bond motifs is 1. The van der Waals surface area contributed by atoms with Gasteiger partial charge in [-0.25, -0.2) is 24.2 Å². The molecule has 1 N–H and O–H groups in total. The maximum atomic E-state index is 13.8. The molecule has 6 aromatic rings. The molecule has 0 radical (unpaired) electrons. The molecule has 7 rings (SSSR count). The number of imidazole rings is 1. The second-order valence-corrected chi connectivity index (χ2v) is 12.4. The highest BCUT2D eigenvalue weighted by Gasteiger charge is 2.54. The van der Waals surface area contributed by atoms with Gasteiger partial charge < -0.3 is 28.7 Å². The van der Waals surface area contributed by atoms with Gasteiger partial charge in [-0.2, -0.15) is 0 Å². The first kappa shape index (κ1) is 34.8. The third-order valence-electron chi connectivity index (χ3n) is 8.71. The highest BCUT2D eigenvalue weighted by Crippen LogP contribution is 2.38. The number of aromatic amines is 1. The quantitative estimate of drug-likeness (QED) is 0.119. The number of H-pyrrole nitrogens is 1. The zero-order chi connectivity index (χ0) is 36.7. The molecule has 5 aromatic carbocycles. The molecule has 1 saturated heterocycles. The van der Waals surface area contributed by atoms with E-state index in [0.717, 1.165) is 5.56 Å². The number of hydrogen-bond donors (Lipinski definition) is 1. The van der Waals surface area contributed by atoms with Gasteiger partial charge in [0.05, 0.1) is 33.3 Å². The Morgan fingerprint density at radius 2 is 1.04 bits per heavy atom. The number of carbonyl (C=O) groups excluding carboxylic acids is 4. The average molecular weight is 711 g/mol. The van der Waals surface area contributed by atoms with Gasteiger partial charge in [0.15, 0.2) is 24.4 Å². The third-order valence-corrected chi connectivity index (χ3v) is 8.71. The van der Waals surface area contributed by atoms with Crippen molar-refractivity contribution in [3.63, 3.8) is 0 Å². The zero-order valence-corrected chi connectivity index (χ0v) is 28.5. The van der Waals surface area contributed by atoms with Gasteiger partial charge in [-0.15, -0.1) is 0 Å². The summed E-state index contributed by atoms with van der Waals surface area (Å²) < 4.78 is 30.8. The number of carbonyl (C=O) groups is 4. The standard InChI is InChI=1S/C42H34N2O9/c1-26-22-23-31-32(24-26)44-38(43-31)37-36(53-42(48)30-20-12-5-13-21-30)35(52-41(47)29-18-10-4-11-19-29)34(51-40(46)28-16-8-3-9-17-28)33(50-37)25-49-39(45)27-14-6-2-7-15-27/h2-24,33-37H,25H2,1H3,(H,43,44)/t33-,34-,35+,36-,37-/m1/s1. The first-order chi connectivity index (χ1) is 25.8. The van der Waals surface area contributed by atoms with Crippen LogP contribution in [0.2, 0.25) is 0 Å². The van der Waals surface area contributed by atoms with Crippen LogP contribution in [0.15, 0.2) is 140 Å². The second kappa shape index (κ2) is 15.7. The van der Waals surface area contributed by atoms with Crippen molar-refractivity contribution in [2.45, 2.75) is 37.4 Å². The van der Waals surface area contributed by atoms with Crippen molar-refractivity contribution in [1.82, 2.24) is 9.97 Å².